The van der Waals surface area contributed by atoms with Gasteiger partial charge < -0.3 is 29.7 Å². The van der Waals surface area contributed by atoms with Gasteiger partial charge in [-0.05, 0) is 36.8 Å². The summed E-state index contributed by atoms with van der Waals surface area (Å²) < 4.78 is 11.1. The number of amides is 1. The molecule has 1 amide bonds. The summed E-state index contributed by atoms with van der Waals surface area (Å²) in [6.07, 6.45) is 1.47. The fourth-order valence-corrected chi connectivity index (χ4v) is 5.47. The van der Waals surface area contributed by atoms with Crippen molar-refractivity contribution in [3.63, 3.8) is 0 Å². The van der Waals surface area contributed by atoms with Crippen LogP contribution in [0.25, 0.3) is 11.4 Å². The summed E-state index contributed by atoms with van der Waals surface area (Å²) in [5.41, 5.74) is 3.20. The number of benzene rings is 2. The number of hydrogen-bond donors (Lipinski definition) is 2. The number of carbonyl (C=O) groups excluding carboxylic acids is 1. The lowest BCUT2D eigenvalue weighted by molar-refractivity contribution is -0.121. The summed E-state index contributed by atoms with van der Waals surface area (Å²) in [7, 11) is 1.67. The number of piperidine rings is 1. The van der Waals surface area contributed by atoms with Crippen molar-refractivity contribution in [2.45, 2.75) is 25.0 Å². The second-order valence-electron chi connectivity index (χ2n) is 10.4. The zero-order valence-corrected chi connectivity index (χ0v) is 22.9. The highest BCUT2D eigenvalue weighted by atomic mass is 16.5. The number of piperazine rings is 1. The summed E-state index contributed by atoms with van der Waals surface area (Å²) in [5, 5.41) is 23.1. The summed E-state index contributed by atoms with van der Waals surface area (Å²) in [4.78, 5) is 31.9. The first-order valence-electron chi connectivity index (χ1n) is 13.8. The van der Waals surface area contributed by atoms with Crippen LogP contribution >= 0.6 is 0 Å². The summed E-state index contributed by atoms with van der Waals surface area (Å²) in [5.74, 6) is 1.38. The van der Waals surface area contributed by atoms with Crippen LogP contribution in [0.4, 0.5) is 23.0 Å². The molecule has 0 bridgehead atoms. The molecule has 3 fully saturated rings. The number of methoxy groups -OCH3 is 1. The monoisotopic (exact) mass is 556 g/mol. The number of aliphatic hydroxyl groups excluding tert-OH is 1. The minimum Gasteiger partial charge on any atom is -0.495 e. The quantitative estimate of drug-likeness (QED) is 0.442. The predicted octanol–water partition coefficient (Wildman–Crippen LogP) is 2.17. The van der Waals surface area contributed by atoms with Gasteiger partial charge in [-0.2, -0.15) is 10.2 Å². The van der Waals surface area contributed by atoms with E-state index in [0.717, 1.165) is 56.5 Å². The fourth-order valence-electron chi connectivity index (χ4n) is 5.47. The molecular formula is C29H32N8O4. The van der Waals surface area contributed by atoms with Gasteiger partial charge in [-0.1, -0.05) is 0 Å². The summed E-state index contributed by atoms with van der Waals surface area (Å²) in [6.45, 7) is 5.67. The predicted molar refractivity (Wildman–Crippen MR) is 152 cm³/mol. The number of aliphatic hydroxyl groups is 1. The Morgan fingerprint density at radius 3 is 2.63 bits per heavy atom. The van der Waals surface area contributed by atoms with E-state index in [2.05, 4.69) is 36.1 Å². The second kappa shape index (κ2) is 11.7. The number of β-amino-alcohol motifs (C(OH)–C–C–N with tert-alkyl or cyclic N) is 1. The van der Waals surface area contributed by atoms with E-state index in [4.69, 9.17) is 9.47 Å². The van der Waals surface area contributed by atoms with E-state index in [1.807, 2.05) is 18.2 Å². The van der Waals surface area contributed by atoms with Crippen molar-refractivity contribution < 1.29 is 19.4 Å². The molecule has 4 heterocycles. The lowest BCUT2D eigenvalue weighted by atomic mass is 10.0. The first kappa shape index (κ1) is 26.9. The Hall–Kier alpha value is -4.31. The molecule has 3 aliphatic heterocycles. The van der Waals surface area contributed by atoms with E-state index >= 15 is 0 Å². The highest BCUT2D eigenvalue weighted by Crippen LogP contribution is 2.34. The molecule has 1 atom stereocenters. The number of ether oxygens (including phenoxy) is 2. The Morgan fingerprint density at radius 1 is 1.10 bits per heavy atom. The minimum atomic E-state index is -0.610. The number of nitrogens with one attached hydrogen (secondary N) is 1. The van der Waals surface area contributed by atoms with E-state index in [0.29, 0.717) is 41.0 Å². The third-order valence-corrected chi connectivity index (χ3v) is 7.85. The van der Waals surface area contributed by atoms with Crippen molar-refractivity contribution in [3.8, 4) is 23.2 Å². The number of anilines is 4. The maximum Gasteiger partial charge on any atom is 0.230 e. The van der Waals surface area contributed by atoms with Gasteiger partial charge in [0.25, 0.3) is 0 Å². The fraction of sp³-hybridized carbons (Fsp3) is 0.414. The van der Waals surface area contributed by atoms with Gasteiger partial charge in [0.05, 0.1) is 56.0 Å². The van der Waals surface area contributed by atoms with Gasteiger partial charge >= 0.3 is 0 Å². The third kappa shape index (κ3) is 5.65. The molecular weight excluding hydrogens is 524 g/mol. The van der Waals surface area contributed by atoms with Crippen molar-refractivity contribution >= 4 is 28.9 Å². The standard InChI is InChI=1S/C29H32N8O4/c1-40-26-13-21(3-6-25(26)36-10-8-35(9-11-36)22-16-41-17-22)33-29-32-18-31-28(34-29)19-2-5-24(20(12-19)14-30)37-15-23(38)4-7-27(37)39/h2-3,5-6,12-13,18,22-23,38H,4,7-11,15-17H2,1H3,(H,31,32,33,34). The van der Waals surface area contributed by atoms with Crippen LogP contribution in [-0.2, 0) is 9.53 Å². The van der Waals surface area contributed by atoms with Gasteiger partial charge in [0, 0.05) is 49.9 Å². The Kier molecular flexibility index (Phi) is 7.65. The summed E-state index contributed by atoms with van der Waals surface area (Å²) in [6, 6.07) is 13.8. The van der Waals surface area contributed by atoms with Crippen LogP contribution in [0, 0.1) is 11.3 Å². The molecule has 3 aliphatic rings. The summed E-state index contributed by atoms with van der Waals surface area (Å²) >= 11 is 0. The molecule has 0 saturated carbocycles. The van der Waals surface area contributed by atoms with Gasteiger partial charge in [0.15, 0.2) is 5.82 Å². The third-order valence-electron chi connectivity index (χ3n) is 7.85. The van der Waals surface area contributed by atoms with Crippen molar-refractivity contribution in [1.82, 2.24) is 19.9 Å². The molecule has 3 saturated heterocycles. The van der Waals surface area contributed by atoms with Crippen LogP contribution in [0.5, 0.6) is 5.75 Å². The van der Waals surface area contributed by atoms with E-state index in [1.165, 1.54) is 11.2 Å². The van der Waals surface area contributed by atoms with Crippen LogP contribution in [0.2, 0.25) is 0 Å². The molecule has 41 heavy (non-hydrogen) atoms. The molecule has 212 valence electrons. The number of aromatic nitrogens is 3. The van der Waals surface area contributed by atoms with Crippen molar-refractivity contribution in [2.75, 3.05) is 68.2 Å². The topological polar surface area (TPSA) is 140 Å². The molecule has 2 N–H and O–H groups in total. The Balaban J connectivity index is 1.17. The molecule has 0 radical (unpaired) electrons. The molecule has 1 unspecified atom stereocenters. The highest BCUT2D eigenvalue weighted by Gasteiger charge is 2.30. The minimum absolute atomic E-state index is 0.112. The first-order valence-corrected chi connectivity index (χ1v) is 13.8. The number of rotatable bonds is 7. The maximum atomic E-state index is 12.4. The second-order valence-corrected chi connectivity index (χ2v) is 10.4. The smallest absolute Gasteiger partial charge is 0.230 e. The zero-order chi connectivity index (χ0) is 28.3. The Labute approximate surface area is 238 Å². The van der Waals surface area contributed by atoms with Gasteiger partial charge in [-0.25, -0.2) is 9.97 Å². The first-order chi connectivity index (χ1) is 20.0. The van der Waals surface area contributed by atoms with Gasteiger partial charge in [0.2, 0.25) is 11.9 Å². The number of carbonyl (C=O) groups is 1. The van der Waals surface area contributed by atoms with E-state index in [1.54, 1.807) is 25.3 Å². The van der Waals surface area contributed by atoms with E-state index < -0.39 is 6.10 Å². The molecule has 3 aromatic rings. The molecule has 12 nitrogen and oxygen atoms in total. The van der Waals surface area contributed by atoms with E-state index in [9.17, 15) is 15.2 Å². The van der Waals surface area contributed by atoms with Crippen LogP contribution in [0.1, 0.15) is 18.4 Å². The number of hydrogen-bond acceptors (Lipinski definition) is 11. The highest BCUT2D eigenvalue weighted by molar-refractivity contribution is 5.96. The number of nitriles is 1. The van der Waals surface area contributed by atoms with Gasteiger partial charge in [-0.15, -0.1) is 0 Å². The molecule has 12 heteroatoms. The number of nitrogens with zero attached hydrogens (tertiary/aromatic N) is 7. The maximum absolute atomic E-state index is 12.4. The zero-order valence-electron chi connectivity index (χ0n) is 22.9. The van der Waals surface area contributed by atoms with Crippen LogP contribution in [-0.4, -0.2) is 96.1 Å². The van der Waals surface area contributed by atoms with Crippen LogP contribution < -0.4 is 19.9 Å². The largest absolute Gasteiger partial charge is 0.495 e. The van der Waals surface area contributed by atoms with E-state index in [-0.39, 0.29) is 18.9 Å². The van der Waals surface area contributed by atoms with Crippen molar-refractivity contribution in [3.05, 3.63) is 48.3 Å². The van der Waals surface area contributed by atoms with Crippen molar-refractivity contribution in [2.24, 2.45) is 0 Å². The Morgan fingerprint density at radius 2 is 1.90 bits per heavy atom. The molecule has 2 aromatic carbocycles. The lowest BCUT2D eigenvalue weighted by Crippen LogP contribution is -2.56. The SMILES string of the molecule is COc1cc(Nc2ncnc(-c3ccc(N4CC(O)CCC4=O)c(C#N)c3)n2)ccc1N1CCN(C2COC2)CC1. The molecule has 0 aliphatic carbocycles. The average molecular weight is 557 g/mol. The lowest BCUT2D eigenvalue weighted by Gasteiger charge is -2.43. The van der Waals surface area contributed by atoms with Crippen molar-refractivity contribution in [1.29, 1.82) is 5.26 Å². The van der Waals surface area contributed by atoms with Crippen LogP contribution in [0.15, 0.2) is 42.7 Å². The van der Waals surface area contributed by atoms with Crippen LogP contribution in [0.3, 0.4) is 0 Å². The molecule has 0 spiro atoms. The Bertz CT molecular complexity index is 1470. The molecule has 1 aromatic heterocycles. The molecule has 6 rings (SSSR count). The van der Waals surface area contributed by atoms with Gasteiger partial charge in [0.1, 0.15) is 18.1 Å². The van der Waals surface area contributed by atoms with Gasteiger partial charge in [-0.3, -0.25) is 9.69 Å². The normalized spacial score (nSPS) is 19.9. The average Bonchev–Trinajstić information content (AvgIpc) is 2.98.